The maximum atomic E-state index is 12.6. The Hall–Kier alpha value is -2.94. The number of nitrogens with one attached hydrogen (secondary N) is 2. The van der Waals surface area contributed by atoms with Crippen molar-refractivity contribution in [2.75, 3.05) is 7.05 Å². The van der Waals surface area contributed by atoms with Gasteiger partial charge in [-0.25, -0.2) is 4.79 Å². The number of ketones is 1. The summed E-state index contributed by atoms with van der Waals surface area (Å²) in [6.07, 6.45) is 1.04. The number of rotatable bonds is 6. The average molecular weight is 445 g/mol. The van der Waals surface area contributed by atoms with Gasteiger partial charge in [0.15, 0.2) is 11.8 Å². The van der Waals surface area contributed by atoms with Crippen molar-refractivity contribution in [2.45, 2.75) is 25.4 Å². The van der Waals surface area contributed by atoms with Gasteiger partial charge in [-0.1, -0.05) is 48.5 Å². The van der Waals surface area contributed by atoms with E-state index in [9.17, 15) is 24.3 Å². The zero-order valence-electron chi connectivity index (χ0n) is 17.2. The first-order valence-electron chi connectivity index (χ1n) is 9.70. The molecule has 1 heterocycles. The fourth-order valence-electron chi connectivity index (χ4n) is 3.41. The van der Waals surface area contributed by atoms with Crippen molar-refractivity contribution >= 4 is 53.2 Å². The number of hydrogen-bond acceptors (Lipinski definition) is 4. The summed E-state index contributed by atoms with van der Waals surface area (Å²) in [7, 11) is 1.49. The van der Waals surface area contributed by atoms with Gasteiger partial charge < -0.3 is 20.6 Å². The number of Topliss-reactive ketones (excluding diaryl/α,β-unsaturated/α-hetero) is 1. The van der Waals surface area contributed by atoms with E-state index < -0.39 is 35.8 Å². The normalized spacial score (nSPS) is 16.5. The number of carboxylic acid groups (broad SMARTS) is 1. The Morgan fingerprint density at radius 2 is 1.72 bits per heavy atom. The van der Waals surface area contributed by atoms with Gasteiger partial charge >= 0.3 is 41.6 Å². The number of amides is 3. The summed E-state index contributed by atoms with van der Waals surface area (Å²) in [4.78, 5) is 49.8. The summed E-state index contributed by atoms with van der Waals surface area (Å²) in [6.45, 7) is 1.56. The van der Waals surface area contributed by atoms with Gasteiger partial charge in [-0.3, -0.25) is 14.4 Å². The fourth-order valence-corrected chi connectivity index (χ4v) is 3.41. The summed E-state index contributed by atoms with van der Waals surface area (Å²) in [5.74, 6) is -2.16. The molecule has 0 saturated heterocycles. The van der Waals surface area contributed by atoms with Crippen molar-refractivity contribution in [1.82, 2.24) is 15.5 Å². The fraction of sp³-hybridized carbons (Fsp3) is 0.217. The molecule has 3 amide bonds. The molecule has 2 unspecified atom stereocenters. The SMILES string of the molecule is CC1=CN(C)C(=O)C(NC(=O)NC(CC(=O)O)c2cccc(-c3ccccc3)c2)C1=O.[NaH]. The van der Waals surface area contributed by atoms with Crippen molar-refractivity contribution in [2.24, 2.45) is 0 Å². The second kappa shape index (κ2) is 11.1. The quantitative estimate of drug-likeness (QED) is 0.464. The number of nitrogens with zero attached hydrogens (tertiary/aromatic N) is 1. The summed E-state index contributed by atoms with van der Waals surface area (Å²) >= 11 is 0. The molecular weight excluding hydrogens is 421 g/mol. The zero-order chi connectivity index (χ0) is 22.5. The number of carboxylic acids is 1. The van der Waals surface area contributed by atoms with Crippen LogP contribution in [0.25, 0.3) is 11.1 Å². The van der Waals surface area contributed by atoms with Crippen LogP contribution in [0.3, 0.4) is 0 Å². The molecule has 1 aliphatic heterocycles. The molecule has 3 N–H and O–H groups in total. The van der Waals surface area contributed by atoms with Gasteiger partial charge in [-0.2, -0.15) is 0 Å². The van der Waals surface area contributed by atoms with Gasteiger partial charge in [0, 0.05) is 18.8 Å². The first-order chi connectivity index (χ1) is 14.8. The summed E-state index contributed by atoms with van der Waals surface area (Å²) in [5.41, 5.74) is 2.75. The van der Waals surface area contributed by atoms with E-state index in [0.29, 0.717) is 11.1 Å². The Labute approximate surface area is 208 Å². The molecule has 9 heteroatoms. The van der Waals surface area contributed by atoms with Crippen LogP contribution in [0.15, 0.2) is 66.4 Å². The number of benzene rings is 2. The Bertz CT molecular complexity index is 1050. The Morgan fingerprint density at radius 3 is 2.38 bits per heavy atom. The van der Waals surface area contributed by atoms with Gasteiger partial charge in [-0.05, 0) is 29.7 Å². The predicted molar refractivity (Wildman–Crippen MR) is 121 cm³/mol. The van der Waals surface area contributed by atoms with Crippen LogP contribution in [0, 0.1) is 0 Å². The molecule has 2 aromatic rings. The van der Waals surface area contributed by atoms with Gasteiger partial charge in [-0.15, -0.1) is 0 Å². The van der Waals surface area contributed by atoms with Gasteiger partial charge in [0.05, 0.1) is 12.5 Å². The van der Waals surface area contributed by atoms with Crippen molar-refractivity contribution in [3.05, 3.63) is 71.9 Å². The van der Waals surface area contributed by atoms with E-state index in [1.165, 1.54) is 18.1 Å². The number of aliphatic carboxylic acids is 1. The molecule has 2 atom stereocenters. The molecular formula is C23H24N3NaO5. The molecule has 0 fully saturated rings. The van der Waals surface area contributed by atoms with Crippen molar-refractivity contribution < 1.29 is 24.3 Å². The van der Waals surface area contributed by atoms with Crippen LogP contribution >= 0.6 is 0 Å². The van der Waals surface area contributed by atoms with Crippen LogP contribution in [0.2, 0.25) is 0 Å². The van der Waals surface area contributed by atoms with Gasteiger partial charge in [0.25, 0.3) is 5.91 Å². The van der Waals surface area contributed by atoms with E-state index in [2.05, 4.69) is 10.6 Å². The molecule has 2 aromatic carbocycles. The monoisotopic (exact) mass is 445 g/mol. The number of likely N-dealkylation sites (N-methyl/N-ethyl adjacent to an activating group) is 1. The molecule has 0 aromatic heterocycles. The molecule has 0 spiro atoms. The summed E-state index contributed by atoms with van der Waals surface area (Å²) in [6, 6.07) is 13.7. The van der Waals surface area contributed by atoms with Crippen LogP contribution in [0.1, 0.15) is 24.9 Å². The van der Waals surface area contributed by atoms with E-state index in [4.69, 9.17) is 0 Å². The molecule has 0 saturated carbocycles. The van der Waals surface area contributed by atoms with Crippen LogP contribution < -0.4 is 10.6 Å². The standard InChI is InChI=1S/C23H23N3O5.Na.H/c1-14-13-26(2)22(30)20(21(14)29)25-23(31)24-18(12-19(27)28)17-10-6-9-16(11-17)15-7-4-3-5-8-15;;/h3-11,13,18,20H,12H2,1-2H3,(H,27,28)(H2,24,25,31);;. The third kappa shape index (κ3) is 6.06. The Balaban J connectivity index is 0.00000363. The van der Waals surface area contributed by atoms with E-state index in [1.54, 1.807) is 25.1 Å². The van der Waals surface area contributed by atoms with E-state index in [-0.39, 0.29) is 36.0 Å². The predicted octanol–water partition coefficient (Wildman–Crippen LogP) is 1.83. The third-order valence-corrected chi connectivity index (χ3v) is 4.99. The van der Waals surface area contributed by atoms with Crippen LogP contribution in [0.4, 0.5) is 4.79 Å². The number of urea groups is 1. The van der Waals surface area contributed by atoms with Crippen molar-refractivity contribution in [3.8, 4) is 11.1 Å². The second-order valence-corrected chi connectivity index (χ2v) is 7.32. The average Bonchev–Trinajstić information content (AvgIpc) is 2.75. The number of hydrogen-bond donors (Lipinski definition) is 3. The molecule has 0 radical (unpaired) electrons. The topological polar surface area (TPSA) is 116 Å². The minimum absolute atomic E-state index is 0. The zero-order valence-corrected chi connectivity index (χ0v) is 17.2. The van der Waals surface area contributed by atoms with E-state index in [0.717, 1.165) is 11.1 Å². The molecule has 0 bridgehead atoms. The van der Waals surface area contributed by atoms with Crippen molar-refractivity contribution in [1.29, 1.82) is 0 Å². The van der Waals surface area contributed by atoms with Gasteiger partial charge in [0.2, 0.25) is 0 Å². The number of carbonyl (C=O) groups excluding carboxylic acids is 3. The second-order valence-electron chi connectivity index (χ2n) is 7.32. The first-order valence-corrected chi connectivity index (χ1v) is 9.70. The third-order valence-electron chi connectivity index (χ3n) is 4.99. The summed E-state index contributed by atoms with van der Waals surface area (Å²) in [5, 5.41) is 14.3. The van der Waals surface area contributed by atoms with Crippen molar-refractivity contribution in [3.63, 3.8) is 0 Å². The number of carbonyl (C=O) groups is 4. The van der Waals surface area contributed by atoms with Crippen LogP contribution in [-0.4, -0.2) is 76.3 Å². The van der Waals surface area contributed by atoms with Crippen LogP contribution in [-0.2, 0) is 14.4 Å². The van der Waals surface area contributed by atoms with E-state index >= 15 is 0 Å². The Morgan fingerprint density at radius 1 is 1.06 bits per heavy atom. The Kier molecular flexibility index (Phi) is 8.77. The molecule has 162 valence electrons. The first kappa shape index (κ1) is 25.3. The van der Waals surface area contributed by atoms with E-state index in [1.807, 2.05) is 36.4 Å². The molecule has 1 aliphatic rings. The molecule has 0 aliphatic carbocycles. The molecule has 3 rings (SSSR count). The molecule has 32 heavy (non-hydrogen) atoms. The van der Waals surface area contributed by atoms with Gasteiger partial charge in [0.1, 0.15) is 0 Å². The minimum atomic E-state index is -1.35. The maximum absolute atomic E-state index is 12.6. The molecule has 8 nitrogen and oxygen atoms in total. The van der Waals surface area contributed by atoms with Crippen LogP contribution in [0.5, 0.6) is 0 Å². The summed E-state index contributed by atoms with van der Waals surface area (Å²) < 4.78 is 0.